The SMILES string of the molecule is CCNc1ccc(C(=O)NC2CCN(C)CC2C)cc1C. The number of likely N-dealkylation sites (tertiary alicyclic amines) is 1. The fourth-order valence-electron chi connectivity index (χ4n) is 3.01. The van der Waals surface area contributed by atoms with Gasteiger partial charge in [0.2, 0.25) is 0 Å². The first-order chi connectivity index (χ1) is 10.0. The molecule has 0 aromatic heterocycles. The molecule has 1 aliphatic rings. The van der Waals surface area contributed by atoms with Crippen LogP contribution in [-0.4, -0.2) is 43.5 Å². The molecule has 116 valence electrons. The second-order valence-electron chi connectivity index (χ2n) is 6.17. The summed E-state index contributed by atoms with van der Waals surface area (Å²) in [4.78, 5) is 14.7. The minimum absolute atomic E-state index is 0.0440. The Morgan fingerprint density at radius 2 is 2.19 bits per heavy atom. The Morgan fingerprint density at radius 3 is 2.81 bits per heavy atom. The van der Waals surface area contributed by atoms with Crippen LogP contribution in [0.4, 0.5) is 5.69 Å². The number of piperidine rings is 1. The molecule has 2 unspecified atom stereocenters. The summed E-state index contributed by atoms with van der Waals surface area (Å²) < 4.78 is 0. The summed E-state index contributed by atoms with van der Waals surface area (Å²) in [5.41, 5.74) is 2.96. The second-order valence-corrected chi connectivity index (χ2v) is 6.17. The molecule has 1 heterocycles. The van der Waals surface area contributed by atoms with Crippen LogP contribution in [0.5, 0.6) is 0 Å². The third-order valence-electron chi connectivity index (χ3n) is 4.28. The molecule has 2 N–H and O–H groups in total. The minimum atomic E-state index is 0.0440. The van der Waals surface area contributed by atoms with E-state index in [1.807, 2.05) is 25.1 Å². The van der Waals surface area contributed by atoms with E-state index in [0.717, 1.165) is 42.9 Å². The van der Waals surface area contributed by atoms with Crippen molar-refractivity contribution in [2.75, 3.05) is 32.0 Å². The summed E-state index contributed by atoms with van der Waals surface area (Å²) in [6, 6.07) is 6.14. The first-order valence-corrected chi connectivity index (χ1v) is 7.85. The van der Waals surface area contributed by atoms with Crippen LogP contribution in [0.1, 0.15) is 36.2 Å². The van der Waals surface area contributed by atoms with Crippen LogP contribution >= 0.6 is 0 Å². The van der Waals surface area contributed by atoms with Gasteiger partial charge in [0.1, 0.15) is 0 Å². The van der Waals surface area contributed by atoms with Gasteiger partial charge in [-0.05, 0) is 63.5 Å². The Labute approximate surface area is 127 Å². The van der Waals surface area contributed by atoms with Gasteiger partial charge in [0.05, 0.1) is 0 Å². The predicted octanol–water partition coefficient (Wildman–Crippen LogP) is 2.50. The van der Waals surface area contributed by atoms with Crippen LogP contribution in [0.15, 0.2) is 18.2 Å². The van der Waals surface area contributed by atoms with Crippen molar-refractivity contribution in [1.82, 2.24) is 10.2 Å². The zero-order valence-electron chi connectivity index (χ0n) is 13.6. The van der Waals surface area contributed by atoms with Gasteiger partial charge in [0, 0.05) is 30.4 Å². The van der Waals surface area contributed by atoms with E-state index in [0.29, 0.717) is 5.92 Å². The lowest BCUT2D eigenvalue weighted by Gasteiger charge is -2.35. The van der Waals surface area contributed by atoms with Crippen LogP contribution in [0, 0.1) is 12.8 Å². The predicted molar refractivity (Wildman–Crippen MR) is 87.9 cm³/mol. The monoisotopic (exact) mass is 289 g/mol. The van der Waals surface area contributed by atoms with E-state index in [9.17, 15) is 4.79 Å². The zero-order valence-corrected chi connectivity index (χ0v) is 13.6. The Morgan fingerprint density at radius 1 is 1.43 bits per heavy atom. The highest BCUT2D eigenvalue weighted by Gasteiger charge is 2.25. The van der Waals surface area contributed by atoms with Gasteiger partial charge in [-0.15, -0.1) is 0 Å². The Bertz CT molecular complexity index is 501. The molecule has 1 saturated heterocycles. The average Bonchev–Trinajstić information content (AvgIpc) is 2.44. The standard InChI is InChI=1S/C17H27N3O/c1-5-18-15-7-6-14(10-12(15)2)17(21)19-16-8-9-20(4)11-13(16)3/h6-7,10,13,16,18H,5,8-9,11H2,1-4H3,(H,19,21). The van der Waals surface area contributed by atoms with Crippen LogP contribution in [0.25, 0.3) is 0 Å². The lowest BCUT2D eigenvalue weighted by atomic mass is 9.94. The van der Waals surface area contributed by atoms with Gasteiger partial charge in [-0.1, -0.05) is 6.92 Å². The maximum Gasteiger partial charge on any atom is 0.251 e. The molecule has 2 rings (SSSR count). The molecule has 4 heteroatoms. The normalized spacial score (nSPS) is 22.9. The Hall–Kier alpha value is -1.55. The van der Waals surface area contributed by atoms with E-state index in [1.54, 1.807) is 0 Å². The molecule has 4 nitrogen and oxygen atoms in total. The summed E-state index contributed by atoms with van der Waals surface area (Å²) in [6.07, 6.45) is 1.03. The number of rotatable bonds is 4. The highest BCUT2D eigenvalue weighted by atomic mass is 16.1. The number of nitrogens with zero attached hydrogens (tertiary/aromatic N) is 1. The number of nitrogens with one attached hydrogen (secondary N) is 2. The lowest BCUT2D eigenvalue weighted by molar-refractivity contribution is 0.0884. The van der Waals surface area contributed by atoms with E-state index in [1.165, 1.54) is 0 Å². The summed E-state index contributed by atoms with van der Waals surface area (Å²) in [5, 5.41) is 6.50. The fourth-order valence-corrected chi connectivity index (χ4v) is 3.01. The maximum absolute atomic E-state index is 12.4. The number of carbonyl (C=O) groups is 1. The van der Waals surface area contributed by atoms with Crippen molar-refractivity contribution in [1.29, 1.82) is 0 Å². The smallest absolute Gasteiger partial charge is 0.251 e. The van der Waals surface area contributed by atoms with Crippen molar-refractivity contribution in [3.63, 3.8) is 0 Å². The van der Waals surface area contributed by atoms with Crippen molar-refractivity contribution in [2.24, 2.45) is 5.92 Å². The van der Waals surface area contributed by atoms with Crippen molar-refractivity contribution in [3.8, 4) is 0 Å². The molecular formula is C17H27N3O. The number of anilines is 1. The largest absolute Gasteiger partial charge is 0.385 e. The van der Waals surface area contributed by atoms with Gasteiger partial charge in [0.15, 0.2) is 0 Å². The molecule has 0 aliphatic carbocycles. The van der Waals surface area contributed by atoms with E-state index < -0.39 is 0 Å². The van der Waals surface area contributed by atoms with E-state index in [2.05, 4.69) is 36.4 Å². The van der Waals surface area contributed by atoms with Gasteiger partial charge in [-0.25, -0.2) is 0 Å². The van der Waals surface area contributed by atoms with E-state index in [-0.39, 0.29) is 11.9 Å². The number of hydrogen-bond acceptors (Lipinski definition) is 3. The third-order valence-corrected chi connectivity index (χ3v) is 4.28. The lowest BCUT2D eigenvalue weighted by Crippen LogP contribution is -2.48. The summed E-state index contributed by atoms with van der Waals surface area (Å²) >= 11 is 0. The fraction of sp³-hybridized carbons (Fsp3) is 0.588. The van der Waals surface area contributed by atoms with Crippen molar-refractivity contribution >= 4 is 11.6 Å². The Kier molecular flexibility index (Phi) is 5.23. The molecule has 2 atom stereocenters. The minimum Gasteiger partial charge on any atom is -0.385 e. The average molecular weight is 289 g/mol. The molecular weight excluding hydrogens is 262 g/mol. The van der Waals surface area contributed by atoms with Gasteiger partial charge in [0.25, 0.3) is 5.91 Å². The molecule has 1 fully saturated rings. The first kappa shape index (κ1) is 15.8. The zero-order chi connectivity index (χ0) is 15.4. The van der Waals surface area contributed by atoms with Gasteiger partial charge in [-0.2, -0.15) is 0 Å². The van der Waals surface area contributed by atoms with Gasteiger partial charge in [-0.3, -0.25) is 4.79 Å². The first-order valence-electron chi connectivity index (χ1n) is 7.85. The summed E-state index contributed by atoms with van der Waals surface area (Å²) in [6.45, 7) is 9.30. The molecule has 0 spiro atoms. The number of amides is 1. The van der Waals surface area contributed by atoms with Gasteiger partial charge < -0.3 is 15.5 Å². The topological polar surface area (TPSA) is 44.4 Å². The summed E-state index contributed by atoms with van der Waals surface area (Å²) in [7, 11) is 2.14. The van der Waals surface area contributed by atoms with E-state index in [4.69, 9.17) is 0 Å². The van der Waals surface area contributed by atoms with Crippen molar-refractivity contribution in [2.45, 2.75) is 33.2 Å². The number of aryl methyl sites for hydroxylation is 1. The van der Waals surface area contributed by atoms with Crippen LogP contribution in [0.2, 0.25) is 0 Å². The molecule has 1 amide bonds. The molecule has 1 aromatic carbocycles. The number of hydrogen-bond donors (Lipinski definition) is 2. The molecule has 0 radical (unpaired) electrons. The van der Waals surface area contributed by atoms with Gasteiger partial charge >= 0.3 is 0 Å². The van der Waals surface area contributed by atoms with Crippen LogP contribution in [-0.2, 0) is 0 Å². The molecule has 0 saturated carbocycles. The maximum atomic E-state index is 12.4. The second kappa shape index (κ2) is 6.94. The number of carbonyl (C=O) groups excluding carboxylic acids is 1. The highest BCUT2D eigenvalue weighted by Crippen LogP contribution is 2.18. The van der Waals surface area contributed by atoms with Crippen molar-refractivity contribution < 1.29 is 4.79 Å². The van der Waals surface area contributed by atoms with Crippen LogP contribution in [0.3, 0.4) is 0 Å². The highest BCUT2D eigenvalue weighted by molar-refractivity contribution is 5.95. The quantitative estimate of drug-likeness (QED) is 0.895. The molecule has 1 aromatic rings. The molecule has 21 heavy (non-hydrogen) atoms. The number of benzene rings is 1. The Balaban J connectivity index is 2.01. The van der Waals surface area contributed by atoms with Crippen LogP contribution < -0.4 is 10.6 Å². The van der Waals surface area contributed by atoms with E-state index >= 15 is 0 Å². The molecule has 1 aliphatic heterocycles. The van der Waals surface area contributed by atoms with Crippen molar-refractivity contribution in [3.05, 3.63) is 29.3 Å². The molecule has 0 bridgehead atoms. The third kappa shape index (κ3) is 3.97. The summed E-state index contributed by atoms with van der Waals surface area (Å²) in [5.74, 6) is 0.539.